The average Bonchev–Trinajstić information content (AvgIpc) is 2.59. The molecular weight excluding hydrogens is 228 g/mol. The van der Waals surface area contributed by atoms with E-state index in [1.54, 1.807) is 30.3 Å². The van der Waals surface area contributed by atoms with Gasteiger partial charge in [-0.05, 0) is 18.6 Å². The standard InChI is InChI=1S/C11H12O4S/c12-11(9-4-2-1-3-5-9)15-10-6-7-16(13,14)8-10/h1-5,10H,6-8H2/t10-/m0/s1. The Bertz CT molecular complexity index is 478. The van der Waals surface area contributed by atoms with E-state index in [4.69, 9.17) is 4.74 Å². The topological polar surface area (TPSA) is 60.4 Å². The highest BCUT2D eigenvalue weighted by Gasteiger charge is 2.30. The lowest BCUT2D eigenvalue weighted by Gasteiger charge is -2.09. The van der Waals surface area contributed by atoms with Crippen molar-refractivity contribution in [3.05, 3.63) is 35.9 Å². The third-order valence-corrected chi connectivity index (χ3v) is 4.21. The molecule has 1 aromatic rings. The van der Waals surface area contributed by atoms with E-state index >= 15 is 0 Å². The Hall–Kier alpha value is -1.36. The largest absolute Gasteiger partial charge is 0.458 e. The van der Waals surface area contributed by atoms with Gasteiger partial charge in [-0.25, -0.2) is 13.2 Å². The van der Waals surface area contributed by atoms with Crippen LogP contribution in [0.2, 0.25) is 0 Å². The molecule has 2 rings (SSSR count). The lowest BCUT2D eigenvalue weighted by atomic mass is 10.2. The summed E-state index contributed by atoms with van der Waals surface area (Å²) in [7, 11) is -3.00. The van der Waals surface area contributed by atoms with Gasteiger partial charge in [-0.1, -0.05) is 18.2 Å². The molecule has 0 saturated carbocycles. The van der Waals surface area contributed by atoms with Crippen molar-refractivity contribution in [2.24, 2.45) is 0 Å². The third kappa shape index (κ3) is 2.61. The Morgan fingerprint density at radius 1 is 1.25 bits per heavy atom. The van der Waals surface area contributed by atoms with Gasteiger partial charge in [0.05, 0.1) is 17.1 Å². The van der Waals surface area contributed by atoms with Gasteiger partial charge >= 0.3 is 5.97 Å². The van der Waals surface area contributed by atoms with Crippen molar-refractivity contribution < 1.29 is 17.9 Å². The Morgan fingerprint density at radius 2 is 1.94 bits per heavy atom. The van der Waals surface area contributed by atoms with E-state index in [1.807, 2.05) is 0 Å². The molecule has 1 aliphatic rings. The van der Waals surface area contributed by atoms with E-state index in [0.29, 0.717) is 12.0 Å². The zero-order chi connectivity index (χ0) is 11.6. The van der Waals surface area contributed by atoms with Crippen LogP contribution in [0.3, 0.4) is 0 Å². The molecule has 16 heavy (non-hydrogen) atoms. The summed E-state index contributed by atoms with van der Waals surface area (Å²) < 4.78 is 27.5. The monoisotopic (exact) mass is 240 g/mol. The van der Waals surface area contributed by atoms with Crippen molar-refractivity contribution >= 4 is 15.8 Å². The minimum Gasteiger partial charge on any atom is -0.458 e. The van der Waals surface area contributed by atoms with Crippen molar-refractivity contribution in [1.82, 2.24) is 0 Å². The second-order valence-electron chi connectivity index (χ2n) is 3.80. The molecule has 1 saturated heterocycles. The molecule has 0 aliphatic carbocycles. The van der Waals surface area contributed by atoms with E-state index in [0.717, 1.165) is 0 Å². The van der Waals surface area contributed by atoms with Crippen LogP contribution in [0.25, 0.3) is 0 Å². The van der Waals surface area contributed by atoms with Crippen LogP contribution in [-0.4, -0.2) is 32.0 Å². The van der Waals surface area contributed by atoms with Gasteiger partial charge < -0.3 is 4.74 Å². The highest BCUT2D eigenvalue weighted by molar-refractivity contribution is 7.91. The second kappa shape index (κ2) is 4.25. The van der Waals surface area contributed by atoms with Crippen LogP contribution >= 0.6 is 0 Å². The lowest BCUT2D eigenvalue weighted by Crippen LogP contribution is -2.19. The van der Waals surface area contributed by atoms with Crippen molar-refractivity contribution in [2.75, 3.05) is 11.5 Å². The molecule has 0 N–H and O–H groups in total. The molecule has 0 bridgehead atoms. The van der Waals surface area contributed by atoms with Crippen LogP contribution in [0, 0.1) is 0 Å². The highest BCUT2D eigenvalue weighted by atomic mass is 32.2. The Labute approximate surface area is 94.2 Å². The maximum atomic E-state index is 11.6. The molecule has 1 fully saturated rings. The van der Waals surface area contributed by atoms with Crippen molar-refractivity contribution in [3.8, 4) is 0 Å². The van der Waals surface area contributed by atoms with Crippen LogP contribution in [-0.2, 0) is 14.6 Å². The average molecular weight is 240 g/mol. The fourth-order valence-electron chi connectivity index (χ4n) is 1.65. The van der Waals surface area contributed by atoms with E-state index in [9.17, 15) is 13.2 Å². The zero-order valence-corrected chi connectivity index (χ0v) is 9.44. The number of esters is 1. The predicted octanol–water partition coefficient (Wildman–Crippen LogP) is 1.03. The molecule has 0 radical (unpaired) electrons. The molecule has 0 amide bonds. The number of benzene rings is 1. The zero-order valence-electron chi connectivity index (χ0n) is 8.63. The van der Waals surface area contributed by atoms with Gasteiger partial charge in [-0.15, -0.1) is 0 Å². The van der Waals surface area contributed by atoms with Gasteiger partial charge in [-0.3, -0.25) is 0 Å². The molecule has 0 aromatic heterocycles. The number of hydrogen-bond donors (Lipinski definition) is 0. The maximum Gasteiger partial charge on any atom is 0.338 e. The minimum atomic E-state index is -3.00. The van der Waals surface area contributed by atoms with E-state index in [-0.39, 0.29) is 11.5 Å². The fraction of sp³-hybridized carbons (Fsp3) is 0.364. The summed E-state index contributed by atoms with van der Waals surface area (Å²) in [6, 6.07) is 8.57. The summed E-state index contributed by atoms with van der Waals surface area (Å²) in [4.78, 5) is 11.6. The smallest absolute Gasteiger partial charge is 0.338 e. The molecule has 0 unspecified atom stereocenters. The van der Waals surface area contributed by atoms with Crippen molar-refractivity contribution in [3.63, 3.8) is 0 Å². The fourth-order valence-corrected chi connectivity index (χ4v) is 3.24. The number of ether oxygens (including phenoxy) is 1. The normalized spacial score (nSPS) is 22.9. The number of carbonyl (C=O) groups is 1. The molecule has 5 heteroatoms. The summed E-state index contributed by atoms with van der Waals surface area (Å²) in [5.41, 5.74) is 0.451. The van der Waals surface area contributed by atoms with E-state index in [2.05, 4.69) is 0 Å². The van der Waals surface area contributed by atoms with Crippen LogP contribution in [0.5, 0.6) is 0 Å². The van der Waals surface area contributed by atoms with Gasteiger partial charge in [0, 0.05) is 0 Å². The summed E-state index contributed by atoms with van der Waals surface area (Å²) >= 11 is 0. The summed E-state index contributed by atoms with van der Waals surface area (Å²) in [5, 5.41) is 0. The molecule has 4 nitrogen and oxygen atoms in total. The van der Waals surface area contributed by atoms with E-state index in [1.165, 1.54) is 0 Å². The van der Waals surface area contributed by atoms with Crippen molar-refractivity contribution in [1.29, 1.82) is 0 Å². The SMILES string of the molecule is O=C(O[C@H]1CCS(=O)(=O)C1)c1ccccc1. The molecule has 0 spiro atoms. The van der Waals surface area contributed by atoms with Crippen LogP contribution < -0.4 is 0 Å². The van der Waals surface area contributed by atoms with Gasteiger partial charge in [0.25, 0.3) is 0 Å². The molecule has 1 heterocycles. The van der Waals surface area contributed by atoms with E-state index < -0.39 is 21.9 Å². The number of sulfone groups is 1. The second-order valence-corrected chi connectivity index (χ2v) is 6.03. The van der Waals surface area contributed by atoms with Gasteiger partial charge in [0.2, 0.25) is 0 Å². The number of rotatable bonds is 2. The lowest BCUT2D eigenvalue weighted by molar-refractivity contribution is 0.0356. The Balaban J connectivity index is 1.99. The van der Waals surface area contributed by atoms with Crippen LogP contribution in [0.4, 0.5) is 0 Å². The number of hydrogen-bond acceptors (Lipinski definition) is 4. The van der Waals surface area contributed by atoms with Gasteiger partial charge in [0.15, 0.2) is 9.84 Å². The van der Waals surface area contributed by atoms with Crippen LogP contribution in [0.1, 0.15) is 16.8 Å². The van der Waals surface area contributed by atoms with Gasteiger partial charge in [0.1, 0.15) is 6.10 Å². The van der Waals surface area contributed by atoms with Crippen LogP contribution in [0.15, 0.2) is 30.3 Å². The summed E-state index contributed by atoms with van der Waals surface area (Å²) in [6.07, 6.45) is -0.0846. The molecule has 1 aromatic carbocycles. The Morgan fingerprint density at radius 3 is 2.50 bits per heavy atom. The number of carbonyl (C=O) groups excluding carboxylic acids is 1. The first-order valence-electron chi connectivity index (χ1n) is 5.03. The maximum absolute atomic E-state index is 11.6. The molecular formula is C11H12O4S. The quantitative estimate of drug-likeness (QED) is 0.724. The van der Waals surface area contributed by atoms with Gasteiger partial charge in [-0.2, -0.15) is 0 Å². The first-order valence-corrected chi connectivity index (χ1v) is 6.85. The Kier molecular flexibility index (Phi) is 2.96. The third-order valence-electron chi connectivity index (χ3n) is 2.47. The van der Waals surface area contributed by atoms with Crippen molar-refractivity contribution in [2.45, 2.75) is 12.5 Å². The molecule has 1 aliphatic heterocycles. The summed E-state index contributed by atoms with van der Waals surface area (Å²) in [5.74, 6) is -0.395. The molecule has 86 valence electrons. The predicted molar refractivity (Wildman–Crippen MR) is 58.9 cm³/mol. The molecule has 1 atom stereocenters. The first-order chi connectivity index (χ1) is 7.57. The minimum absolute atomic E-state index is 0.0500. The summed E-state index contributed by atoms with van der Waals surface area (Å²) in [6.45, 7) is 0. The first kappa shape index (κ1) is 11.1. The highest BCUT2D eigenvalue weighted by Crippen LogP contribution is 2.16.